The van der Waals surface area contributed by atoms with Crippen LogP contribution < -0.4 is 0 Å². The summed E-state index contributed by atoms with van der Waals surface area (Å²) in [5.41, 5.74) is 1.07. The molecule has 2 fully saturated rings. The second-order valence-electron chi connectivity index (χ2n) is 6.92. The van der Waals surface area contributed by atoms with E-state index in [1.54, 1.807) is 12.5 Å². The third-order valence-electron chi connectivity index (χ3n) is 5.39. The van der Waals surface area contributed by atoms with Crippen molar-refractivity contribution >= 4 is 5.91 Å². The molecule has 2 aliphatic rings. The first-order chi connectivity index (χ1) is 11.3. The van der Waals surface area contributed by atoms with Crippen LogP contribution in [0.15, 0.2) is 47.3 Å². The summed E-state index contributed by atoms with van der Waals surface area (Å²) in [6, 6.07) is 7.75. The van der Waals surface area contributed by atoms with Crippen LogP contribution >= 0.6 is 0 Å². The Balaban J connectivity index is 1.53. The zero-order valence-corrected chi connectivity index (χ0v) is 13.2. The van der Waals surface area contributed by atoms with Gasteiger partial charge in [-0.2, -0.15) is 0 Å². The lowest BCUT2D eigenvalue weighted by Gasteiger charge is -2.29. The summed E-state index contributed by atoms with van der Waals surface area (Å²) in [5, 5.41) is 0. The number of carbonyl (C=O) groups excluding carboxylic acids is 1. The van der Waals surface area contributed by atoms with Crippen LogP contribution in [-0.2, 0) is 17.9 Å². The number of hydrogen-bond donors (Lipinski definition) is 0. The normalized spacial score (nSPS) is 25.7. The predicted octanol–water partition coefficient (Wildman–Crippen LogP) is 3.64. The highest BCUT2D eigenvalue weighted by molar-refractivity contribution is 5.79. The van der Waals surface area contributed by atoms with E-state index < -0.39 is 0 Å². The quantitative estimate of drug-likeness (QED) is 0.847. The van der Waals surface area contributed by atoms with E-state index >= 15 is 0 Å². The summed E-state index contributed by atoms with van der Waals surface area (Å²) in [7, 11) is 0. The van der Waals surface area contributed by atoms with E-state index in [0.717, 1.165) is 23.7 Å². The molecule has 4 heteroatoms. The van der Waals surface area contributed by atoms with Crippen LogP contribution in [0.5, 0.6) is 0 Å². The Morgan fingerprint density at radius 2 is 2.17 bits per heavy atom. The van der Waals surface area contributed by atoms with Gasteiger partial charge in [-0.15, -0.1) is 0 Å². The van der Waals surface area contributed by atoms with Crippen LogP contribution in [0.4, 0.5) is 0 Å². The van der Waals surface area contributed by atoms with Crippen molar-refractivity contribution < 1.29 is 9.21 Å². The molecule has 23 heavy (non-hydrogen) atoms. The maximum Gasteiger partial charge on any atom is 0.226 e. The van der Waals surface area contributed by atoms with Crippen LogP contribution in [0.2, 0.25) is 0 Å². The number of furan rings is 1. The lowest BCUT2D eigenvalue weighted by molar-refractivity contribution is -0.138. The highest BCUT2D eigenvalue weighted by Crippen LogP contribution is 2.49. The first kappa shape index (κ1) is 14.5. The van der Waals surface area contributed by atoms with Gasteiger partial charge in [0.25, 0.3) is 0 Å². The van der Waals surface area contributed by atoms with Gasteiger partial charge >= 0.3 is 0 Å². The first-order valence-corrected chi connectivity index (χ1v) is 8.49. The van der Waals surface area contributed by atoms with Gasteiger partial charge in [-0.1, -0.05) is 12.5 Å². The fourth-order valence-electron chi connectivity index (χ4n) is 4.30. The van der Waals surface area contributed by atoms with Crippen molar-refractivity contribution in [3.05, 3.63) is 54.2 Å². The number of aromatic nitrogens is 1. The molecule has 0 unspecified atom stereocenters. The second-order valence-corrected chi connectivity index (χ2v) is 6.92. The number of carbonyl (C=O) groups is 1. The summed E-state index contributed by atoms with van der Waals surface area (Å²) >= 11 is 0. The molecule has 0 saturated heterocycles. The van der Waals surface area contributed by atoms with Crippen LogP contribution in [-0.4, -0.2) is 15.8 Å². The molecule has 2 bridgehead atoms. The lowest BCUT2D eigenvalue weighted by atomic mass is 9.87. The van der Waals surface area contributed by atoms with Crippen molar-refractivity contribution in [3.63, 3.8) is 0 Å². The van der Waals surface area contributed by atoms with E-state index in [0.29, 0.717) is 19.0 Å². The Morgan fingerprint density at radius 1 is 1.22 bits per heavy atom. The van der Waals surface area contributed by atoms with Crippen molar-refractivity contribution in [1.29, 1.82) is 0 Å². The highest BCUT2D eigenvalue weighted by atomic mass is 16.3. The van der Waals surface area contributed by atoms with Gasteiger partial charge in [0, 0.05) is 24.9 Å². The molecule has 0 aromatic carbocycles. The second kappa shape index (κ2) is 6.19. The van der Waals surface area contributed by atoms with E-state index in [1.165, 1.54) is 19.3 Å². The minimum atomic E-state index is 0.209. The maximum atomic E-state index is 13.1. The molecule has 2 aliphatic carbocycles. The van der Waals surface area contributed by atoms with E-state index in [2.05, 4.69) is 4.98 Å². The number of nitrogens with zero attached hydrogens (tertiary/aromatic N) is 2. The van der Waals surface area contributed by atoms with Gasteiger partial charge < -0.3 is 9.32 Å². The van der Waals surface area contributed by atoms with Gasteiger partial charge in [-0.25, -0.2) is 0 Å². The third kappa shape index (κ3) is 3.03. The largest absolute Gasteiger partial charge is 0.467 e. The van der Waals surface area contributed by atoms with Gasteiger partial charge in [0.1, 0.15) is 5.76 Å². The van der Waals surface area contributed by atoms with Crippen molar-refractivity contribution in [2.75, 3.05) is 0 Å². The zero-order chi connectivity index (χ0) is 15.6. The molecule has 4 rings (SSSR count). The molecule has 1 amide bonds. The van der Waals surface area contributed by atoms with Crippen molar-refractivity contribution in [2.45, 2.75) is 38.8 Å². The fourth-order valence-corrected chi connectivity index (χ4v) is 4.30. The number of pyridine rings is 1. The zero-order valence-electron chi connectivity index (χ0n) is 13.2. The average Bonchev–Trinajstić information content (AvgIpc) is 3.32. The number of fused-ring (bicyclic) bond motifs is 2. The molecule has 2 saturated carbocycles. The standard InChI is InChI=1S/C19H22N2O2/c22-19(18-10-14-5-6-16(18)9-14)21(13-17-4-2-8-23-17)12-15-3-1-7-20-11-15/h1-4,7-8,11,14,16,18H,5-6,9-10,12-13H2/t14-,16-,18+/m1/s1. The van der Waals surface area contributed by atoms with Crippen molar-refractivity contribution in [3.8, 4) is 0 Å². The molecule has 2 aromatic rings. The Labute approximate surface area is 136 Å². The summed E-state index contributed by atoms with van der Waals surface area (Å²) in [5.74, 6) is 2.71. The lowest BCUT2D eigenvalue weighted by Crippen LogP contribution is -2.37. The van der Waals surface area contributed by atoms with Crippen molar-refractivity contribution in [1.82, 2.24) is 9.88 Å². The number of hydrogen-bond acceptors (Lipinski definition) is 3. The Kier molecular flexibility index (Phi) is 3.90. The summed E-state index contributed by atoms with van der Waals surface area (Å²) < 4.78 is 5.47. The topological polar surface area (TPSA) is 46.3 Å². The molecule has 2 aromatic heterocycles. The molecular formula is C19H22N2O2. The Hall–Kier alpha value is -2.10. The molecule has 0 aliphatic heterocycles. The van der Waals surface area contributed by atoms with Gasteiger partial charge in [0.05, 0.1) is 12.8 Å². The SMILES string of the molecule is O=C([C@H]1C[C@@H]2CC[C@@H]1C2)N(Cc1cccnc1)Cc1ccco1. The summed E-state index contributed by atoms with van der Waals surface area (Å²) in [4.78, 5) is 19.2. The molecule has 0 radical (unpaired) electrons. The van der Waals surface area contributed by atoms with Crippen LogP contribution in [0, 0.1) is 17.8 Å². The Morgan fingerprint density at radius 3 is 2.83 bits per heavy atom. The fraction of sp³-hybridized carbons (Fsp3) is 0.474. The molecule has 2 heterocycles. The average molecular weight is 310 g/mol. The third-order valence-corrected chi connectivity index (χ3v) is 5.39. The molecule has 120 valence electrons. The number of rotatable bonds is 5. The molecule has 4 nitrogen and oxygen atoms in total. The van der Waals surface area contributed by atoms with E-state index in [1.807, 2.05) is 35.4 Å². The molecule has 0 N–H and O–H groups in total. The highest BCUT2D eigenvalue weighted by Gasteiger charge is 2.44. The monoisotopic (exact) mass is 310 g/mol. The van der Waals surface area contributed by atoms with Gasteiger partial charge in [-0.3, -0.25) is 9.78 Å². The first-order valence-electron chi connectivity index (χ1n) is 8.49. The maximum absolute atomic E-state index is 13.1. The van der Waals surface area contributed by atoms with Crippen LogP contribution in [0.1, 0.15) is 37.0 Å². The summed E-state index contributed by atoms with van der Waals surface area (Å²) in [6.07, 6.45) is 10.1. The van der Waals surface area contributed by atoms with E-state index in [4.69, 9.17) is 4.42 Å². The van der Waals surface area contributed by atoms with Gasteiger partial charge in [-0.05, 0) is 54.9 Å². The Bertz CT molecular complexity index is 653. The smallest absolute Gasteiger partial charge is 0.226 e. The van der Waals surface area contributed by atoms with Gasteiger partial charge in [0.15, 0.2) is 0 Å². The number of amides is 1. The van der Waals surface area contributed by atoms with Crippen LogP contribution in [0.25, 0.3) is 0 Å². The predicted molar refractivity (Wildman–Crippen MR) is 86.1 cm³/mol. The van der Waals surface area contributed by atoms with E-state index in [-0.39, 0.29) is 11.8 Å². The van der Waals surface area contributed by atoms with Crippen LogP contribution in [0.3, 0.4) is 0 Å². The molecule has 3 atom stereocenters. The minimum Gasteiger partial charge on any atom is -0.467 e. The van der Waals surface area contributed by atoms with E-state index in [9.17, 15) is 4.79 Å². The van der Waals surface area contributed by atoms with Gasteiger partial charge in [0.2, 0.25) is 5.91 Å². The molecular weight excluding hydrogens is 288 g/mol. The minimum absolute atomic E-state index is 0.209. The van der Waals surface area contributed by atoms with Crippen molar-refractivity contribution in [2.24, 2.45) is 17.8 Å². The summed E-state index contributed by atoms with van der Waals surface area (Å²) in [6.45, 7) is 1.13. The molecule has 0 spiro atoms.